The van der Waals surface area contributed by atoms with E-state index in [9.17, 15) is 14.7 Å². The summed E-state index contributed by atoms with van der Waals surface area (Å²) in [6.45, 7) is 2.77. The lowest BCUT2D eigenvalue weighted by molar-refractivity contribution is -0.151. The molecule has 1 heterocycles. The van der Waals surface area contributed by atoms with E-state index in [1.807, 2.05) is 30.3 Å². The summed E-state index contributed by atoms with van der Waals surface area (Å²) in [5.41, 5.74) is 1.02. The van der Waals surface area contributed by atoms with E-state index in [0.29, 0.717) is 6.54 Å². The van der Waals surface area contributed by atoms with Gasteiger partial charge >= 0.3 is 5.97 Å². The first-order chi connectivity index (χ1) is 11.6. The molecule has 2 atom stereocenters. The van der Waals surface area contributed by atoms with Gasteiger partial charge in [0.15, 0.2) is 0 Å². The number of amides is 1. The highest BCUT2D eigenvalue weighted by atomic mass is 16.4. The van der Waals surface area contributed by atoms with Gasteiger partial charge in [0, 0.05) is 18.4 Å². The minimum Gasteiger partial charge on any atom is -0.480 e. The molecule has 1 N–H and O–H groups in total. The fraction of sp³-hybridized carbons (Fsp3) is 0.600. The van der Waals surface area contributed by atoms with Gasteiger partial charge in [0.1, 0.15) is 6.04 Å². The van der Waals surface area contributed by atoms with Gasteiger partial charge < -0.3 is 10.0 Å². The Kier molecular flexibility index (Phi) is 5.22. The van der Waals surface area contributed by atoms with Crippen LogP contribution in [0.25, 0.3) is 0 Å². The first kappa shape index (κ1) is 17.0. The summed E-state index contributed by atoms with van der Waals surface area (Å²) in [7, 11) is 0. The molecule has 0 bridgehead atoms. The molecular formula is C20H27NO3. The van der Waals surface area contributed by atoms with Crippen molar-refractivity contribution >= 4 is 11.9 Å². The molecule has 1 aliphatic heterocycles. The highest BCUT2D eigenvalue weighted by molar-refractivity contribution is 5.86. The minimum absolute atomic E-state index is 0.0178. The van der Waals surface area contributed by atoms with Gasteiger partial charge in [0.25, 0.3) is 0 Å². The lowest BCUT2D eigenvalue weighted by atomic mass is 9.80. The summed E-state index contributed by atoms with van der Waals surface area (Å²) < 4.78 is 0. The Morgan fingerprint density at radius 3 is 2.33 bits per heavy atom. The van der Waals surface area contributed by atoms with Crippen molar-refractivity contribution < 1.29 is 14.7 Å². The molecule has 2 fully saturated rings. The molecule has 0 unspecified atom stereocenters. The Balaban J connectivity index is 1.73. The predicted molar refractivity (Wildman–Crippen MR) is 92.7 cm³/mol. The van der Waals surface area contributed by atoms with Crippen LogP contribution in [0.5, 0.6) is 0 Å². The van der Waals surface area contributed by atoms with Crippen LogP contribution in [0.2, 0.25) is 0 Å². The van der Waals surface area contributed by atoms with Gasteiger partial charge in [0.2, 0.25) is 5.91 Å². The minimum atomic E-state index is -0.878. The van der Waals surface area contributed by atoms with E-state index >= 15 is 0 Å². The summed E-state index contributed by atoms with van der Waals surface area (Å²) in [5, 5.41) is 9.75. The number of benzene rings is 1. The van der Waals surface area contributed by atoms with Crippen LogP contribution in [-0.4, -0.2) is 34.5 Å². The van der Waals surface area contributed by atoms with Crippen LogP contribution in [0.3, 0.4) is 0 Å². The molecule has 0 radical (unpaired) electrons. The molecule has 1 amide bonds. The normalized spacial score (nSPS) is 30.3. The molecular weight excluding hydrogens is 302 g/mol. The van der Waals surface area contributed by atoms with Crippen molar-refractivity contribution in [3.05, 3.63) is 35.9 Å². The number of carboxylic acids is 1. The number of carboxylic acid groups (broad SMARTS) is 1. The SMILES string of the molecule is CCC1CCC(C(=O)N2CC[C@@H](c3ccccc3)[C@H]2C(=O)O)CC1. The van der Waals surface area contributed by atoms with Gasteiger partial charge in [-0.1, -0.05) is 43.7 Å². The van der Waals surface area contributed by atoms with Crippen LogP contribution in [-0.2, 0) is 9.59 Å². The maximum Gasteiger partial charge on any atom is 0.327 e. The molecule has 1 saturated heterocycles. The van der Waals surface area contributed by atoms with Crippen LogP contribution in [0, 0.1) is 11.8 Å². The first-order valence-electron chi connectivity index (χ1n) is 9.20. The number of nitrogens with zero attached hydrogens (tertiary/aromatic N) is 1. The molecule has 4 nitrogen and oxygen atoms in total. The number of carbonyl (C=O) groups is 2. The highest BCUT2D eigenvalue weighted by Crippen LogP contribution is 2.37. The third-order valence-electron chi connectivity index (χ3n) is 5.94. The maximum absolute atomic E-state index is 12.9. The van der Waals surface area contributed by atoms with Crippen LogP contribution in [0.1, 0.15) is 56.9 Å². The van der Waals surface area contributed by atoms with Gasteiger partial charge in [0.05, 0.1) is 0 Å². The molecule has 0 aromatic heterocycles. The number of carbonyl (C=O) groups excluding carboxylic acids is 1. The highest BCUT2D eigenvalue weighted by Gasteiger charge is 2.44. The molecule has 130 valence electrons. The molecule has 0 spiro atoms. The van der Waals surface area contributed by atoms with Crippen molar-refractivity contribution in [2.24, 2.45) is 11.8 Å². The van der Waals surface area contributed by atoms with Gasteiger partial charge in [-0.3, -0.25) is 4.79 Å². The lowest BCUT2D eigenvalue weighted by Gasteiger charge is -2.32. The predicted octanol–water partition coefficient (Wildman–Crippen LogP) is 3.67. The topological polar surface area (TPSA) is 57.6 Å². The van der Waals surface area contributed by atoms with E-state index in [1.165, 1.54) is 6.42 Å². The van der Waals surface area contributed by atoms with Crippen molar-refractivity contribution in [2.75, 3.05) is 6.54 Å². The average Bonchev–Trinajstić information content (AvgIpc) is 3.07. The molecule has 2 aliphatic rings. The van der Waals surface area contributed by atoms with E-state index in [4.69, 9.17) is 0 Å². The lowest BCUT2D eigenvalue weighted by Crippen LogP contribution is -2.46. The fourth-order valence-electron chi connectivity index (χ4n) is 4.45. The zero-order valence-electron chi connectivity index (χ0n) is 14.4. The Hall–Kier alpha value is -1.84. The zero-order chi connectivity index (χ0) is 17.1. The Morgan fingerprint density at radius 1 is 1.08 bits per heavy atom. The number of likely N-dealkylation sites (tertiary alicyclic amines) is 1. The second kappa shape index (κ2) is 7.37. The van der Waals surface area contributed by atoms with Crippen LogP contribution in [0.4, 0.5) is 0 Å². The fourth-order valence-corrected chi connectivity index (χ4v) is 4.45. The van der Waals surface area contributed by atoms with E-state index < -0.39 is 12.0 Å². The van der Waals surface area contributed by atoms with E-state index in [2.05, 4.69) is 6.92 Å². The van der Waals surface area contributed by atoms with Crippen LogP contribution < -0.4 is 0 Å². The quantitative estimate of drug-likeness (QED) is 0.917. The van der Waals surface area contributed by atoms with Gasteiger partial charge in [-0.25, -0.2) is 4.79 Å². The molecule has 1 aliphatic carbocycles. The van der Waals surface area contributed by atoms with Crippen molar-refractivity contribution in [1.29, 1.82) is 0 Å². The summed E-state index contributed by atoms with van der Waals surface area (Å²) in [6, 6.07) is 9.03. The van der Waals surface area contributed by atoms with Gasteiger partial charge in [-0.05, 0) is 43.6 Å². The van der Waals surface area contributed by atoms with Gasteiger partial charge in [-0.2, -0.15) is 0 Å². The number of hydrogen-bond acceptors (Lipinski definition) is 2. The summed E-state index contributed by atoms with van der Waals surface area (Å²) in [5.74, 6) is -0.156. The van der Waals surface area contributed by atoms with Crippen molar-refractivity contribution in [3.63, 3.8) is 0 Å². The van der Waals surface area contributed by atoms with Crippen molar-refractivity contribution in [1.82, 2.24) is 4.90 Å². The average molecular weight is 329 g/mol. The molecule has 3 rings (SSSR count). The molecule has 4 heteroatoms. The van der Waals surface area contributed by atoms with Crippen LogP contribution >= 0.6 is 0 Å². The second-order valence-corrected chi connectivity index (χ2v) is 7.25. The third-order valence-corrected chi connectivity index (χ3v) is 5.94. The molecule has 24 heavy (non-hydrogen) atoms. The number of rotatable bonds is 4. The Morgan fingerprint density at radius 2 is 1.75 bits per heavy atom. The van der Waals surface area contributed by atoms with E-state index in [1.54, 1.807) is 4.90 Å². The molecule has 1 aromatic rings. The zero-order valence-corrected chi connectivity index (χ0v) is 14.4. The maximum atomic E-state index is 12.9. The van der Waals surface area contributed by atoms with E-state index in [0.717, 1.165) is 43.6 Å². The molecule has 1 saturated carbocycles. The number of hydrogen-bond donors (Lipinski definition) is 1. The largest absolute Gasteiger partial charge is 0.480 e. The van der Waals surface area contributed by atoms with Crippen molar-refractivity contribution in [2.45, 2.75) is 57.4 Å². The van der Waals surface area contributed by atoms with E-state index in [-0.39, 0.29) is 17.7 Å². The monoisotopic (exact) mass is 329 g/mol. The summed E-state index contributed by atoms with van der Waals surface area (Å²) in [4.78, 5) is 26.5. The smallest absolute Gasteiger partial charge is 0.327 e. The third kappa shape index (κ3) is 3.33. The number of aliphatic carboxylic acids is 1. The summed E-state index contributed by atoms with van der Waals surface area (Å²) in [6.07, 6.45) is 5.93. The summed E-state index contributed by atoms with van der Waals surface area (Å²) >= 11 is 0. The van der Waals surface area contributed by atoms with Crippen molar-refractivity contribution in [3.8, 4) is 0 Å². The second-order valence-electron chi connectivity index (χ2n) is 7.25. The Bertz CT molecular complexity index is 578. The first-order valence-corrected chi connectivity index (χ1v) is 9.20. The van der Waals surface area contributed by atoms with Gasteiger partial charge in [-0.15, -0.1) is 0 Å². The molecule has 1 aromatic carbocycles. The van der Waals surface area contributed by atoms with Crippen LogP contribution in [0.15, 0.2) is 30.3 Å². The Labute approximate surface area is 143 Å². The standard InChI is InChI=1S/C20H27NO3/c1-2-14-8-10-16(11-9-14)19(22)21-13-12-17(18(21)20(23)24)15-6-4-3-5-7-15/h3-7,14,16-18H,2,8-13H2,1H3,(H,23,24)/t14?,16?,17-,18-/m0/s1.